The first-order valence-electron chi connectivity index (χ1n) is 10.1. The van der Waals surface area contributed by atoms with Crippen molar-refractivity contribution in [3.8, 4) is 0 Å². The zero-order valence-electron chi connectivity index (χ0n) is 15.8. The first-order valence-corrected chi connectivity index (χ1v) is 10.1. The molecule has 2 aromatic carbocycles. The predicted octanol–water partition coefficient (Wildman–Crippen LogP) is 3.06. The molecule has 0 saturated carbocycles. The molecule has 2 atom stereocenters. The minimum Gasteiger partial charge on any atom is -0.373 e. The number of fused-ring (bicyclic) bond motifs is 1. The summed E-state index contributed by atoms with van der Waals surface area (Å²) < 4.78 is 5.96. The van der Waals surface area contributed by atoms with E-state index in [0.717, 1.165) is 37.1 Å². The van der Waals surface area contributed by atoms with Crippen molar-refractivity contribution in [3.05, 3.63) is 71.3 Å². The van der Waals surface area contributed by atoms with E-state index in [0.29, 0.717) is 12.6 Å². The smallest absolute Gasteiger partial charge is 0.251 e. The fourth-order valence-corrected chi connectivity index (χ4v) is 4.19. The molecule has 4 rings (SSSR count). The molecule has 0 aromatic heterocycles. The van der Waals surface area contributed by atoms with Gasteiger partial charge in [0.1, 0.15) is 0 Å². The normalized spacial score (nSPS) is 22.4. The Morgan fingerprint density at radius 1 is 1.07 bits per heavy atom. The number of rotatable bonds is 6. The molecular formula is C23H28N2O2. The summed E-state index contributed by atoms with van der Waals surface area (Å²) in [6.07, 6.45) is 4.41. The molecule has 4 heteroatoms. The van der Waals surface area contributed by atoms with Gasteiger partial charge in [0.05, 0.1) is 12.7 Å². The second-order valence-corrected chi connectivity index (χ2v) is 7.60. The lowest BCUT2D eigenvalue weighted by Gasteiger charge is -2.35. The predicted molar refractivity (Wildman–Crippen MR) is 107 cm³/mol. The van der Waals surface area contributed by atoms with Crippen LogP contribution in [0.1, 0.15) is 34.3 Å². The number of carbonyl (C=O) groups is 1. The molecule has 0 unspecified atom stereocenters. The molecule has 4 nitrogen and oxygen atoms in total. The standard InChI is InChI=1S/C23H28N2O2/c26-23(24-15-21-16-25-14-6-10-20(25)17-27-21)22-11-5-4-9-19(22)13-12-18-7-2-1-3-8-18/h1-5,7-9,11,20-21H,6,10,12-17H2,(H,24,26)/t20-,21+/m1/s1. The number of benzene rings is 2. The number of amides is 1. The van der Waals surface area contributed by atoms with Crippen LogP contribution < -0.4 is 5.32 Å². The number of hydrogen-bond donors (Lipinski definition) is 1. The van der Waals surface area contributed by atoms with Crippen molar-refractivity contribution < 1.29 is 9.53 Å². The maximum atomic E-state index is 12.8. The Morgan fingerprint density at radius 3 is 2.78 bits per heavy atom. The van der Waals surface area contributed by atoms with Crippen molar-refractivity contribution in [2.45, 2.75) is 37.8 Å². The lowest BCUT2D eigenvalue weighted by molar-refractivity contribution is -0.0461. The Bertz CT molecular complexity index is 762. The Morgan fingerprint density at radius 2 is 1.89 bits per heavy atom. The van der Waals surface area contributed by atoms with Crippen LogP contribution in [0, 0.1) is 0 Å². The van der Waals surface area contributed by atoms with Crippen LogP contribution in [0.25, 0.3) is 0 Å². The summed E-state index contributed by atoms with van der Waals surface area (Å²) >= 11 is 0. The molecular weight excluding hydrogens is 336 g/mol. The number of morpholine rings is 1. The Labute approximate surface area is 161 Å². The largest absolute Gasteiger partial charge is 0.373 e. The van der Waals surface area contributed by atoms with Crippen LogP contribution >= 0.6 is 0 Å². The third-order valence-corrected chi connectivity index (χ3v) is 5.74. The molecule has 0 aliphatic carbocycles. The van der Waals surface area contributed by atoms with Gasteiger partial charge in [-0.15, -0.1) is 0 Å². The first-order chi connectivity index (χ1) is 13.3. The SMILES string of the molecule is O=C(NC[C@H]1CN2CCC[C@@H]2CO1)c1ccccc1CCc1ccccc1. The van der Waals surface area contributed by atoms with Crippen LogP contribution in [0.5, 0.6) is 0 Å². The Kier molecular flexibility index (Phi) is 5.85. The van der Waals surface area contributed by atoms with E-state index in [-0.39, 0.29) is 12.0 Å². The van der Waals surface area contributed by atoms with E-state index in [4.69, 9.17) is 4.74 Å². The van der Waals surface area contributed by atoms with Gasteiger partial charge in [-0.05, 0) is 49.4 Å². The molecule has 1 amide bonds. The average Bonchev–Trinajstić information content (AvgIpc) is 3.19. The zero-order chi connectivity index (χ0) is 18.5. The molecule has 27 heavy (non-hydrogen) atoms. The molecule has 2 heterocycles. The summed E-state index contributed by atoms with van der Waals surface area (Å²) in [5.74, 6) is 0.00538. The third kappa shape index (κ3) is 4.57. The van der Waals surface area contributed by atoms with E-state index in [1.165, 1.54) is 24.9 Å². The van der Waals surface area contributed by atoms with Crippen molar-refractivity contribution >= 4 is 5.91 Å². The van der Waals surface area contributed by atoms with E-state index >= 15 is 0 Å². The third-order valence-electron chi connectivity index (χ3n) is 5.74. The number of nitrogens with one attached hydrogen (secondary N) is 1. The number of aryl methyl sites for hydroxylation is 2. The van der Waals surface area contributed by atoms with Crippen molar-refractivity contribution in [2.24, 2.45) is 0 Å². The highest BCUT2D eigenvalue weighted by Gasteiger charge is 2.32. The van der Waals surface area contributed by atoms with Gasteiger partial charge in [0.25, 0.3) is 5.91 Å². The van der Waals surface area contributed by atoms with E-state index in [2.05, 4.69) is 40.5 Å². The monoisotopic (exact) mass is 364 g/mol. The van der Waals surface area contributed by atoms with Gasteiger partial charge in [0, 0.05) is 24.7 Å². The van der Waals surface area contributed by atoms with Crippen molar-refractivity contribution in [1.82, 2.24) is 10.2 Å². The van der Waals surface area contributed by atoms with Crippen LogP contribution in [0.15, 0.2) is 54.6 Å². The first kappa shape index (κ1) is 18.2. The molecule has 2 fully saturated rings. The summed E-state index contributed by atoms with van der Waals surface area (Å²) in [6, 6.07) is 18.9. The fourth-order valence-electron chi connectivity index (χ4n) is 4.19. The molecule has 2 aliphatic rings. The van der Waals surface area contributed by atoms with E-state index < -0.39 is 0 Å². The highest BCUT2D eigenvalue weighted by Crippen LogP contribution is 2.22. The number of carbonyl (C=O) groups excluding carboxylic acids is 1. The topological polar surface area (TPSA) is 41.6 Å². The van der Waals surface area contributed by atoms with Crippen LogP contribution in [0.2, 0.25) is 0 Å². The molecule has 0 radical (unpaired) electrons. The van der Waals surface area contributed by atoms with E-state index in [1.807, 2.05) is 24.3 Å². The highest BCUT2D eigenvalue weighted by atomic mass is 16.5. The van der Waals surface area contributed by atoms with Gasteiger partial charge in [0.15, 0.2) is 0 Å². The van der Waals surface area contributed by atoms with Gasteiger partial charge in [-0.1, -0.05) is 48.5 Å². The van der Waals surface area contributed by atoms with Crippen molar-refractivity contribution in [1.29, 1.82) is 0 Å². The van der Waals surface area contributed by atoms with Crippen LogP contribution in [0.4, 0.5) is 0 Å². The summed E-state index contributed by atoms with van der Waals surface area (Å²) in [5.41, 5.74) is 3.18. The molecule has 142 valence electrons. The molecule has 0 spiro atoms. The molecule has 2 aliphatic heterocycles. The van der Waals surface area contributed by atoms with Gasteiger partial charge in [-0.25, -0.2) is 0 Å². The Hall–Kier alpha value is -2.17. The van der Waals surface area contributed by atoms with Crippen molar-refractivity contribution in [3.63, 3.8) is 0 Å². The maximum Gasteiger partial charge on any atom is 0.251 e. The van der Waals surface area contributed by atoms with Crippen LogP contribution in [-0.4, -0.2) is 49.2 Å². The van der Waals surface area contributed by atoms with Gasteiger partial charge in [0.2, 0.25) is 0 Å². The van der Waals surface area contributed by atoms with E-state index in [9.17, 15) is 4.79 Å². The maximum absolute atomic E-state index is 12.8. The summed E-state index contributed by atoms with van der Waals surface area (Å²) in [5, 5.41) is 3.10. The van der Waals surface area contributed by atoms with E-state index in [1.54, 1.807) is 0 Å². The second kappa shape index (κ2) is 8.68. The van der Waals surface area contributed by atoms with Gasteiger partial charge in [-0.2, -0.15) is 0 Å². The molecule has 1 N–H and O–H groups in total. The molecule has 2 saturated heterocycles. The van der Waals surface area contributed by atoms with Gasteiger partial charge < -0.3 is 10.1 Å². The van der Waals surface area contributed by atoms with Crippen LogP contribution in [-0.2, 0) is 17.6 Å². The number of hydrogen-bond acceptors (Lipinski definition) is 3. The quantitative estimate of drug-likeness (QED) is 0.857. The minimum atomic E-state index is 0.00538. The summed E-state index contributed by atoms with van der Waals surface area (Å²) in [4.78, 5) is 15.3. The van der Waals surface area contributed by atoms with Gasteiger partial charge in [-0.3, -0.25) is 9.69 Å². The lowest BCUT2D eigenvalue weighted by Crippen LogP contribution is -2.50. The molecule has 2 aromatic rings. The number of nitrogens with zero attached hydrogens (tertiary/aromatic N) is 1. The molecule has 0 bridgehead atoms. The van der Waals surface area contributed by atoms with Crippen LogP contribution in [0.3, 0.4) is 0 Å². The summed E-state index contributed by atoms with van der Waals surface area (Å²) in [6.45, 7) is 3.48. The minimum absolute atomic E-state index is 0.00538. The van der Waals surface area contributed by atoms with Crippen molar-refractivity contribution in [2.75, 3.05) is 26.2 Å². The Balaban J connectivity index is 1.33. The average molecular weight is 364 g/mol. The zero-order valence-corrected chi connectivity index (χ0v) is 15.8. The number of ether oxygens (including phenoxy) is 1. The lowest BCUT2D eigenvalue weighted by atomic mass is 9.99. The highest BCUT2D eigenvalue weighted by molar-refractivity contribution is 5.95. The summed E-state index contributed by atoms with van der Waals surface area (Å²) in [7, 11) is 0. The van der Waals surface area contributed by atoms with Gasteiger partial charge >= 0.3 is 0 Å². The second-order valence-electron chi connectivity index (χ2n) is 7.60. The fraction of sp³-hybridized carbons (Fsp3) is 0.435.